The van der Waals surface area contributed by atoms with Crippen LogP contribution in [0.25, 0.3) is 0 Å². The minimum Gasteiger partial charge on any atom is -0.453 e. The molecule has 1 atom stereocenters. The number of amides is 1. The van der Waals surface area contributed by atoms with Crippen LogP contribution in [0.15, 0.2) is 0 Å². The topological polar surface area (TPSA) is 32.8 Å². The third kappa shape index (κ3) is 2.84. The number of carbonyl (C=O) groups excluding carboxylic acids is 1. The van der Waals surface area contributed by atoms with Crippen molar-refractivity contribution < 1.29 is 9.53 Å². The van der Waals surface area contributed by atoms with Crippen LogP contribution >= 0.6 is 0 Å². The van der Waals surface area contributed by atoms with E-state index in [1.165, 1.54) is 7.11 Å². The van der Waals surface area contributed by atoms with E-state index in [9.17, 15) is 4.79 Å². The molecule has 1 fully saturated rings. The Balaban J connectivity index is 2.53. The first-order chi connectivity index (χ1) is 6.86. The first kappa shape index (κ1) is 12.3. The van der Waals surface area contributed by atoms with E-state index in [1.807, 2.05) is 7.05 Å². The molecule has 1 amide bonds. The number of hydrogen-bond acceptors (Lipinski definition) is 3. The number of methoxy groups -OCH3 is 1. The van der Waals surface area contributed by atoms with E-state index >= 15 is 0 Å². The lowest BCUT2D eigenvalue weighted by atomic mass is 10.1. The first-order valence-corrected chi connectivity index (χ1v) is 5.42. The number of rotatable bonds is 1. The van der Waals surface area contributed by atoms with Gasteiger partial charge < -0.3 is 9.64 Å². The molecule has 0 saturated carbocycles. The van der Waals surface area contributed by atoms with Crippen molar-refractivity contribution in [1.82, 2.24) is 9.80 Å². The van der Waals surface area contributed by atoms with E-state index in [-0.39, 0.29) is 17.7 Å². The predicted molar refractivity (Wildman–Crippen MR) is 59.9 cm³/mol. The highest BCUT2D eigenvalue weighted by atomic mass is 16.5. The van der Waals surface area contributed by atoms with Gasteiger partial charge in [0.05, 0.1) is 7.11 Å². The molecule has 0 aromatic heterocycles. The van der Waals surface area contributed by atoms with Crippen LogP contribution < -0.4 is 0 Å². The van der Waals surface area contributed by atoms with Gasteiger partial charge in [-0.15, -0.1) is 0 Å². The van der Waals surface area contributed by atoms with Crippen LogP contribution in [-0.2, 0) is 4.74 Å². The van der Waals surface area contributed by atoms with Gasteiger partial charge in [-0.2, -0.15) is 0 Å². The van der Waals surface area contributed by atoms with Crippen molar-refractivity contribution in [2.75, 3.05) is 27.2 Å². The van der Waals surface area contributed by atoms with Crippen molar-refractivity contribution in [3.63, 3.8) is 0 Å². The Bertz CT molecular complexity index is 235. The third-order valence-corrected chi connectivity index (χ3v) is 3.12. The number of ether oxygens (including phenoxy) is 1. The fourth-order valence-corrected chi connectivity index (χ4v) is 1.96. The van der Waals surface area contributed by atoms with Crippen LogP contribution in [0.2, 0.25) is 0 Å². The molecule has 0 aromatic carbocycles. The van der Waals surface area contributed by atoms with Crippen LogP contribution in [0.4, 0.5) is 4.79 Å². The van der Waals surface area contributed by atoms with Gasteiger partial charge in [0.25, 0.3) is 0 Å². The van der Waals surface area contributed by atoms with Gasteiger partial charge >= 0.3 is 6.09 Å². The van der Waals surface area contributed by atoms with Crippen LogP contribution in [0.1, 0.15) is 27.2 Å². The molecule has 1 aliphatic rings. The third-order valence-electron chi connectivity index (χ3n) is 3.12. The van der Waals surface area contributed by atoms with Gasteiger partial charge in [-0.1, -0.05) is 0 Å². The number of likely N-dealkylation sites (tertiary alicyclic amines) is 1. The maximum Gasteiger partial charge on any atom is 0.409 e. The predicted octanol–water partition coefficient (Wildman–Crippen LogP) is 1.56. The molecule has 0 spiro atoms. The lowest BCUT2D eigenvalue weighted by molar-refractivity contribution is 0.111. The summed E-state index contributed by atoms with van der Waals surface area (Å²) in [6.45, 7) is 8.60. The Labute approximate surface area is 92.2 Å². The number of carbonyl (C=O) groups is 1. The second-order valence-corrected chi connectivity index (χ2v) is 5.14. The zero-order valence-electron chi connectivity index (χ0n) is 10.4. The highest BCUT2D eigenvalue weighted by Gasteiger charge is 2.33. The molecule has 88 valence electrons. The SMILES string of the molecule is COC(=O)N(C)[C@@H]1CCN(C(C)(C)C)C1. The van der Waals surface area contributed by atoms with Crippen LogP contribution in [0.5, 0.6) is 0 Å². The fraction of sp³-hybridized carbons (Fsp3) is 0.909. The molecule has 0 unspecified atom stereocenters. The van der Waals surface area contributed by atoms with E-state index in [2.05, 4.69) is 25.7 Å². The van der Waals surface area contributed by atoms with Crippen molar-refractivity contribution in [3.05, 3.63) is 0 Å². The van der Waals surface area contributed by atoms with E-state index in [0.717, 1.165) is 19.5 Å². The van der Waals surface area contributed by atoms with E-state index in [0.29, 0.717) is 0 Å². The Hall–Kier alpha value is -0.770. The summed E-state index contributed by atoms with van der Waals surface area (Å²) < 4.78 is 4.71. The summed E-state index contributed by atoms with van der Waals surface area (Å²) in [6.07, 6.45) is 0.791. The number of nitrogens with zero attached hydrogens (tertiary/aromatic N) is 2. The summed E-state index contributed by atoms with van der Waals surface area (Å²) in [4.78, 5) is 15.4. The van der Waals surface area contributed by atoms with Crippen molar-refractivity contribution >= 4 is 6.09 Å². The second-order valence-electron chi connectivity index (χ2n) is 5.14. The molecule has 0 radical (unpaired) electrons. The Kier molecular flexibility index (Phi) is 3.60. The quantitative estimate of drug-likeness (QED) is 0.664. The molecular formula is C11H22N2O2. The van der Waals surface area contributed by atoms with E-state index in [1.54, 1.807) is 4.90 Å². The minimum atomic E-state index is -0.240. The van der Waals surface area contributed by atoms with Gasteiger partial charge in [-0.3, -0.25) is 4.90 Å². The molecular weight excluding hydrogens is 192 g/mol. The van der Waals surface area contributed by atoms with Crippen molar-refractivity contribution in [2.24, 2.45) is 0 Å². The summed E-state index contributed by atoms with van der Waals surface area (Å²) in [5, 5.41) is 0. The summed E-state index contributed by atoms with van der Waals surface area (Å²) >= 11 is 0. The number of likely N-dealkylation sites (N-methyl/N-ethyl adjacent to an activating group) is 1. The molecule has 15 heavy (non-hydrogen) atoms. The molecule has 0 N–H and O–H groups in total. The zero-order valence-corrected chi connectivity index (χ0v) is 10.4. The average Bonchev–Trinajstić information content (AvgIpc) is 2.63. The van der Waals surface area contributed by atoms with E-state index in [4.69, 9.17) is 4.74 Å². The summed E-state index contributed by atoms with van der Waals surface area (Å²) in [6, 6.07) is 0.289. The van der Waals surface area contributed by atoms with Crippen molar-refractivity contribution in [1.29, 1.82) is 0 Å². The molecule has 1 rings (SSSR count). The molecule has 0 bridgehead atoms. The Morgan fingerprint density at radius 1 is 1.47 bits per heavy atom. The Morgan fingerprint density at radius 3 is 2.47 bits per heavy atom. The molecule has 1 aliphatic heterocycles. The van der Waals surface area contributed by atoms with Gasteiger partial charge in [0.15, 0.2) is 0 Å². The molecule has 0 aliphatic carbocycles. The maximum absolute atomic E-state index is 11.3. The fourth-order valence-electron chi connectivity index (χ4n) is 1.96. The average molecular weight is 214 g/mol. The lowest BCUT2D eigenvalue weighted by Crippen LogP contribution is -2.43. The standard InChI is InChI=1S/C11H22N2O2/c1-11(2,3)13-7-6-9(8-13)12(4)10(14)15-5/h9H,6-8H2,1-5H3/t9-/m1/s1. The van der Waals surface area contributed by atoms with Gasteiger partial charge in [0.2, 0.25) is 0 Å². The van der Waals surface area contributed by atoms with E-state index < -0.39 is 0 Å². The van der Waals surface area contributed by atoms with Crippen molar-refractivity contribution in [3.8, 4) is 0 Å². The van der Waals surface area contributed by atoms with Crippen LogP contribution in [0, 0.1) is 0 Å². The number of hydrogen-bond donors (Lipinski definition) is 0. The highest BCUT2D eigenvalue weighted by molar-refractivity contribution is 5.67. The van der Waals surface area contributed by atoms with Gasteiger partial charge in [-0.05, 0) is 27.2 Å². The second kappa shape index (κ2) is 4.39. The van der Waals surface area contributed by atoms with Crippen LogP contribution in [-0.4, -0.2) is 54.7 Å². The molecule has 4 nitrogen and oxygen atoms in total. The van der Waals surface area contributed by atoms with Crippen molar-refractivity contribution in [2.45, 2.75) is 38.8 Å². The monoisotopic (exact) mass is 214 g/mol. The normalized spacial score (nSPS) is 22.9. The summed E-state index contributed by atoms with van der Waals surface area (Å²) in [5.74, 6) is 0. The lowest BCUT2D eigenvalue weighted by Gasteiger charge is -2.32. The highest BCUT2D eigenvalue weighted by Crippen LogP contribution is 2.23. The first-order valence-electron chi connectivity index (χ1n) is 5.42. The molecule has 1 saturated heterocycles. The maximum atomic E-state index is 11.3. The summed E-state index contributed by atoms with van der Waals surface area (Å²) in [7, 11) is 3.23. The minimum absolute atomic E-state index is 0.186. The largest absolute Gasteiger partial charge is 0.453 e. The summed E-state index contributed by atoms with van der Waals surface area (Å²) in [5.41, 5.74) is 0.186. The van der Waals surface area contributed by atoms with Gasteiger partial charge in [-0.25, -0.2) is 4.79 Å². The Morgan fingerprint density at radius 2 is 2.07 bits per heavy atom. The smallest absolute Gasteiger partial charge is 0.409 e. The van der Waals surface area contributed by atoms with Gasteiger partial charge in [0.1, 0.15) is 0 Å². The molecule has 0 aromatic rings. The van der Waals surface area contributed by atoms with Crippen LogP contribution in [0.3, 0.4) is 0 Å². The molecule has 1 heterocycles. The zero-order chi connectivity index (χ0) is 11.6. The van der Waals surface area contributed by atoms with Gasteiger partial charge in [0, 0.05) is 31.7 Å². The molecule has 4 heteroatoms.